The zero-order valence-electron chi connectivity index (χ0n) is 15.5. The monoisotopic (exact) mass is 436 g/mol. The molecule has 0 bridgehead atoms. The second kappa shape index (κ2) is 7.41. The molecule has 3 aromatic heterocycles. The van der Waals surface area contributed by atoms with Gasteiger partial charge in [0.25, 0.3) is 0 Å². The first kappa shape index (κ1) is 19.8. The van der Waals surface area contributed by atoms with Crippen LogP contribution in [0, 0.1) is 6.92 Å². The highest BCUT2D eigenvalue weighted by molar-refractivity contribution is 6.28. The number of ether oxygens (including phenoxy) is 2. The molecule has 4 aromatic rings. The van der Waals surface area contributed by atoms with Crippen LogP contribution in [-0.2, 0) is 6.18 Å². The van der Waals surface area contributed by atoms with E-state index in [1.807, 2.05) is 0 Å². The lowest BCUT2D eigenvalue weighted by Crippen LogP contribution is -2.06. The molecule has 0 N–H and O–H groups in total. The summed E-state index contributed by atoms with van der Waals surface area (Å²) in [4.78, 5) is 7.98. The highest BCUT2D eigenvalue weighted by Crippen LogP contribution is 2.38. The lowest BCUT2D eigenvalue weighted by Gasteiger charge is -2.14. The fourth-order valence-corrected chi connectivity index (χ4v) is 2.87. The van der Waals surface area contributed by atoms with Gasteiger partial charge in [-0.3, -0.25) is 0 Å². The number of aryl methyl sites for hydroxylation is 1. The molecule has 0 aliphatic carbocycles. The van der Waals surface area contributed by atoms with Gasteiger partial charge in [-0.05, 0) is 36.7 Å². The number of rotatable bonds is 4. The van der Waals surface area contributed by atoms with Gasteiger partial charge in [0.1, 0.15) is 5.75 Å². The van der Waals surface area contributed by atoms with E-state index in [0.717, 1.165) is 12.1 Å². The molecule has 0 atom stereocenters. The number of nitrogens with zero attached hydrogens (tertiary/aromatic N) is 6. The molecule has 0 amide bonds. The Morgan fingerprint density at radius 2 is 1.80 bits per heavy atom. The molecular formula is C18H12ClF3N6O2. The Hall–Kier alpha value is -3.47. The van der Waals surface area contributed by atoms with Gasteiger partial charge in [0.2, 0.25) is 11.2 Å². The van der Waals surface area contributed by atoms with Crippen molar-refractivity contribution in [3.05, 3.63) is 53.1 Å². The van der Waals surface area contributed by atoms with E-state index in [0.29, 0.717) is 22.3 Å². The maximum absolute atomic E-state index is 13.3. The van der Waals surface area contributed by atoms with Crippen LogP contribution >= 0.6 is 11.6 Å². The summed E-state index contributed by atoms with van der Waals surface area (Å²) in [5, 5.41) is 11.7. The fourth-order valence-electron chi connectivity index (χ4n) is 2.72. The van der Waals surface area contributed by atoms with Gasteiger partial charge in [-0.1, -0.05) is 0 Å². The third-order valence-corrected chi connectivity index (χ3v) is 4.37. The summed E-state index contributed by atoms with van der Waals surface area (Å²) >= 11 is 5.95. The van der Waals surface area contributed by atoms with Gasteiger partial charge in [0.15, 0.2) is 5.65 Å². The molecule has 8 nitrogen and oxygen atoms in total. The lowest BCUT2D eigenvalue weighted by atomic mass is 10.0. The molecule has 0 saturated heterocycles. The SMILES string of the molecule is COc1ncc(-c2ccc(C(F)(F)F)cc2Oc2cc(C)c3nnc(Cl)n3n2)cn1. The first-order valence-electron chi connectivity index (χ1n) is 8.40. The third kappa shape index (κ3) is 3.71. The van der Waals surface area contributed by atoms with Gasteiger partial charge in [0, 0.05) is 35.2 Å². The second-order valence-electron chi connectivity index (χ2n) is 6.14. The smallest absolute Gasteiger partial charge is 0.416 e. The number of alkyl halides is 3. The van der Waals surface area contributed by atoms with Gasteiger partial charge in [0.05, 0.1) is 12.7 Å². The Morgan fingerprint density at radius 3 is 2.47 bits per heavy atom. The number of aromatic nitrogens is 6. The average molecular weight is 437 g/mol. The first-order valence-corrected chi connectivity index (χ1v) is 8.78. The van der Waals surface area contributed by atoms with Crippen molar-refractivity contribution < 1.29 is 22.6 Å². The predicted octanol–water partition coefficient (Wildman–Crippen LogP) is 4.36. The molecule has 1 aromatic carbocycles. The number of methoxy groups -OCH3 is 1. The van der Waals surface area contributed by atoms with Gasteiger partial charge in [-0.2, -0.15) is 17.7 Å². The molecule has 0 radical (unpaired) electrons. The van der Waals surface area contributed by atoms with E-state index in [9.17, 15) is 13.2 Å². The summed E-state index contributed by atoms with van der Waals surface area (Å²) in [6.45, 7) is 1.72. The third-order valence-electron chi connectivity index (χ3n) is 4.14. The molecule has 0 spiro atoms. The summed E-state index contributed by atoms with van der Waals surface area (Å²) in [6, 6.07) is 4.76. The van der Waals surface area contributed by atoms with E-state index in [-0.39, 0.29) is 22.9 Å². The molecule has 30 heavy (non-hydrogen) atoms. The Labute approximate surface area is 172 Å². The standard InChI is InChI=1S/C18H12ClF3N6O2/c1-9-5-14(27-28-15(9)25-26-16(28)19)30-13-6-11(18(20,21)22)3-4-12(13)10-7-23-17(29-2)24-8-10/h3-8H,1-2H3. The van der Waals surface area contributed by atoms with Crippen LogP contribution in [0.25, 0.3) is 16.8 Å². The minimum atomic E-state index is -4.56. The summed E-state index contributed by atoms with van der Waals surface area (Å²) in [5.41, 5.74) is 0.913. The Kier molecular flexibility index (Phi) is 4.90. The van der Waals surface area contributed by atoms with Crippen LogP contribution in [0.4, 0.5) is 13.2 Å². The van der Waals surface area contributed by atoms with E-state index in [2.05, 4.69) is 25.3 Å². The van der Waals surface area contributed by atoms with E-state index in [1.54, 1.807) is 6.92 Å². The van der Waals surface area contributed by atoms with Crippen LogP contribution in [-0.4, -0.2) is 36.9 Å². The average Bonchev–Trinajstić information content (AvgIpc) is 3.09. The summed E-state index contributed by atoms with van der Waals surface area (Å²) in [6.07, 6.45) is -1.72. The number of benzene rings is 1. The topological polar surface area (TPSA) is 87.3 Å². The van der Waals surface area contributed by atoms with Gasteiger partial charge in [-0.25, -0.2) is 9.97 Å². The van der Waals surface area contributed by atoms with E-state index >= 15 is 0 Å². The van der Waals surface area contributed by atoms with E-state index < -0.39 is 11.7 Å². The molecule has 154 valence electrons. The predicted molar refractivity (Wildman–Crippen MR) is 99.6 cm³/mol. The van der Waals surface area contributed by atoms with Crippen molar-refractivity contribution in [3.63, 3.8) is 0 Å². The molecule has 0 fully saturated rings. The van der Waals surface area contributed by atoms with Crippen molar-refractivity contribution in [3.8, 4) is 28.8 Å². The largest absolute Gasteiger partial charge is 0.467 e. The molecule has 0 aliphatic heterocycles. The minimum Gasteiger partial charge on any atom is -0.467 e. The van der Waals surface area contributed by atoms with Crippen molar-refractivity contribution in [1.82, 2.24) is 29.8 Å². The van der Waals surface area contributed by atoms with Crippen LogP contribution in [0.15, 0.2) is 36.7 Å². The number of fused-ring (bicyclic) bond motifs is 1. The highest BCUT2D eigenvalue weighted by Gasteiger charge is 2.31. The fraction of sp³-hybridized carbons (Fsp3) is 0.167. The molecule has 0 saturated carbocycles. The Morgan fingerprint density at radius 1 is 1.07 bits per heavy atom. The number of hydrogen-bond acceptors (Lipinski definition) is 7. The molecular weight excluding hydrogens is 425 g/mol. The Balaban J connectivity index is 1.82. The Bertz CT molecular complexity index is 1230. The zero-order chi connectivity index (χ0) is 21.5. The number of hydrogen-bond donors (Lipinski definition) is 0. The van der Waals surface area contributed by atoms with Crippen LogP contribution in [0.2, 0.25) is 5.28 Å². The van der Waals surface area contributed by atoms with Gasteiger partial charge in [-0.15, -0.1) is 15.3 Å². The summed E-state index contributed by atoms with van der Waals surface area (Å²) in [5.74, 6) is -0.0780. The minimum absolute atomic E-state index is 0.00799. The highest BCUT2D eigenvalue weighted by atomic mass is 35.5. The van der Waals surface area contributed by atoms with E-state index in [1.165, 1.54) is 36.2 Å². The maximum atomic E-state index is 13.3. The number of halogens is 4. The second-order valence-corrected chi connectivity index (χ2v) is 6.48. The van der Waals surface area contributed by atoms with E-state index in [4.69, 9.17) is 21.1 Å². The van der Waals surface area contributed by atoms with Crippen molar-refractivity contribution in [2.24, 2.45) is 0 Å². The normalized spacial score (nSPS) is 11.7. The molecule has 0 unspecified atom stereocenters. The lowest BCUT2D eigenvalue weighted by molar-refractivity contribution is -0.137. The van der Waals surface area contributed by atoms with Crippen LogP contribution in [0.1, 0.15) is 11.1 Å². The van der Waals surface area contributed by atoms with Crippen molar-refractivity contribution in [2.75, 3.05) is 7.11 Å². The summed E-state index contributed by atoms with van der Waals surface area (Å²) in [7, 11) is 1.40. The molecule has 0 aliphatic rings. The maximum Gasteiger partial charge on any atom is 0.416 e. The van der Waals surface area contributed by atoms with Crippen molar-refractivity contribution >= 4 is 17.2 Å². The van der Waals surface area contributed by atoms with Gasteiger partial charge >= 0.3 is 12.2 Å². The van der Waals surface area contributed by atoms with Gasteiger partial charge < -0.3 is 9.47 Å². The summed E-state index contributed by atoms with van der Waals surface area (Å²) < 4.78 is 51.7. The van der Waals surface area contributed by atoms with Crippen LogP contribution in [0.5, 0.6) is 17.6 Å². The quantitative estimate of drug-likeness (QED) is 0.469. The van der Waals surface area contributed by atoms with Crippen LogP contribution < -0.4 is 9.47 Å². The molecule has 4 rings (SSSR count). The molecule has 12 heteroatoms. The van der Waals surface area contributed by atoms with Crippen LogP contribution in [0.3, 0.4) is 0 Å². The van der Waals surface area contributed by atoms with Crippen molar-refractivity contribution in [2.45, 2.75) is 13.1 Å². The first-order chi connectivity index (χ1) is 14.3. The van der Waals surface area contributed by atoms with Crippen molar-refractivity contribution in [1.29, 1.82) is 0 Å². The zero-order valence-corrected chi connectivity index (χ0v) is 16.2. The molecule has 3 heterocycles.